The van der Waals surface area contributed by atoms with E-state index >= 15 is 0 Å². The molecule has 0 aromatic carbocycles. The quantitative estimate of drug-likeness (QED) is 0.709. The fraction of sp³-hybridized carbons (Fsp3) is 0.900. The van der Waals surface area contributed by atoms with E-state index in [9.17, 15) is 4.79 Å². The van der Waals surface area contributed by atoms with E-state index in [4.69, 9.17) is 10.5 Å². The van der Waals surface area contributed by atoms with Crippen molar-refractivity contribution in [2.24, 2.45) is 11.7 Å². The number of amides is 1. The second kappa shape index (κ2) is 5.32. The monoisotopic (exact) mass is 200 g/mol. The Labute approximate surface area is 85.4 Å². The van der Waals surface area contributed by atoms with Crippen LogP contribution in [0.3, 0.4) is 0 Å². The number of carbonyl (C=O) groups excluding carboxylic acids is 1. The molecule has 4 nitrogen and oxygen atoms in total. The standard InChI is InChI=1S/C10H20N2O2/c1-8(9(2)11)7-10(13)12-3-5-14-6-4-12/h8-9H,3-7,11H2,1-2H3. The molecule has 0 saturated carbocycles. The lowest BCUT2D eigenvalue weighted by molar-refractivity contribution is -0.136. The van der Waals surface area contributed by atoms with E-state index in [2.05, 4.69) is 0 Å². The van der Waals surface area contributed by atoms with Gasteiger partial charge in [-0.3, -0.25) is 4.79 Å². The fourth-order valence-electron chi connectivity index (χ4n) is 1.40. The Bertz CT molecular complexity index is 189. The molecule has 14 heavy (non-hydrogen) atoms. The maximum absolute atomic E-state index is 11.7. The van der Waals surface area contributed by atoms with Crippen LogP contribution in [-0.4, -0.2) is 43.2 Å². The first kappa shape index (κ1) is 11.5. The number of nitrogens with two attached hydrogens (primary N) is 1. The van der Waals surface area contributed by atoms with Crippen LogP contribution in [0, 0.1) is 5.92 Å². The zero-order valence-electron chi connectivity index (χ0n) is 9.03. The molecule has 0 aliphatic carbocycles. The van der Waals surface area contributed by atoms with Crippen LogP contribution in [0.5, 0.6) is 0 Å². The first-order chi connectivity index (χ1) is 6.61. The fourth-order valence-corrected chi connectivity index (χ4v) is 1.40. The molecule has 0 aromatic heterocycles. The normalized spacial score (nSPS) is 21.8. The molecule has 1 heterocycles. The van der Waals surface area contributed by atoms with Gasteiger partial charge in [0, 0.05) is 25.6 Å². The Kier molecular flexibility index (Phi) is 4.35. The van der Waals surface area contributed by atoms with Crippen molar-refractivity contribution in [2.75, 3.05) is 26.3 Å². The molecular formula is C10H20N2O2. The molecule has 0 bridgehead atoms. The van der Waals surface area contributed by atoms with Crippen LogP contribution in [0.1, 0.15) is 20.3 Å². The van der Waals surface area contributed by atoms with Crippen LogP contribution in [0.2, 0.25) is 0 Å². The number of morpholine rings is 1. The Balaban J connectivity index is 2.33. The minimum absolute atomic E-state index is 0.0833. The molecule has 2 unspecified atom stereocenters. The number of ether oxygens (including phenoxy) is 1. The van der Waals surface area contributed by atoms with Crippen LogP contribution >= 0.6 is 0 Å². The molecular weight excluding hydrogens is 180 g/mol. The van der Waals surface area contributed by atoms with Crippen LogP contribution in [0.4, 0.5) is 0 Å². The van der Waals surface area contributed by atoms with Gasteiger partial charge in [0.25, 0.3) is 0 Å². The molecule has 4 heteroatoms. The van der Waals surface area contributed by atoms with Gasteiger partial charge in [0.1, 0.15) is 0 Å². The smallest absolute Gasteiger partial charge is 0.223 e. The average Bonchev–Trinajstić information content (AvgIpc) is 2.19. The summed E-state index contributed by atoms with van der Waals surface area (Å²) in [6.07, 6.45) is 0.553. The van der Waals surface area contributed by atoms with Gasteiger partial charge < -0.3 is 15.4 Å². The van der Waals surface area contributed by atoms with Crippen molar-refractivity contribution < 1.29 is 9.53 Å². The van der Waals surface area contributed by atoms with Gasteiger partial charge in [0.05, 0.1) is 13.2 Å². The second-order valence-corrected chi connectivity index (χ2v) is 4.03. The Morgan fingerprint density at radius 2 is 2.00 bits per heavy atom. The third-order valence-electron chi connectivity index (χ3n) is 2.76. The van der Waals surface area contributed by atoms with E-state index in [-0.39, 0.29) is 17.9 Å². The zero-order valence-corrected chi connectivity index (χ0v) is 9.03. The minimum atomic E-state index is 0.0833. The molecule has 1 saturated heterocycles. The largest absolute Gasteiger partial charge is 0.378 e. The summed E-state index contributed by atoms with van der Waals surface area (Å²) < 4.78 is 5.18. The van der Waals surface area contributed by atoms with Crippen molar-refractivity contribution in [3.8, 4) is 0 Å². The van der Waals surface area contributed by atoms with Crippen LogP contribution < -0.4 is 5.73 Å². The number of hydrogen-bond acceptors (Lipinski definition) is 3. The van der Waals surface area contributed by atoms with E-state index in [1.807, 2.05) is 18.7 Å². The SMILES string of the molecule is CC(N)C(C)CC(=O)N1CCOCC1. The van der Waals surface area contributed by atoms with Crippen LogP contribution in [-0.2, 0) is 9.53 Å². The van der Waals surface area contributed by atoms with Crippen molar-refractivity contribution in [3.63, 3.8) is 0 Å². The molecule has 1 rings (SSSR count). The highest BCUT2D eigenvalue weighted by Crippen LogP contribution is 2.09. The van der Waals surface area contributed by atoms with E-state index in [0.29, 0.717) is 19.6 Å². The summed E-state index contributed by atoms with van der Waals surface area (Å²) in [6, 6.07) is 0.0833. The van der Waals surface area contributed by atoms with Gasteiger partial charge in [-0.2, -0.15) is 0 Å². The number of carbonyl (C=O) groups is 1. The van der Waals surface area contributed by atoms with Gasteiger partial charge in [0.2, 0.25) is 5.91 Å². The first-order valence-corrected chi connectivity index (χ1v) is 5.22. The Morgan fingerprint density at radius 1 is 1.43 bits per heavy atom. The zero-order chi connectivity index (χ0) is 10.6. The topological polar surface area (TPSA) is 55.6 Å². The van der Waals surface area contributed by atoms with Crippen molar-refractivity contribution >= 4 is 5.91 Å². The van der Waals surface area contributed by atoms with Gasteiger partial charge >= 0.3 is 0 Å². The van der Waals surface area contributed by atoms with Crippen molar-refractivity contribution in [2.45, 2.75) is 26.3 Å². The molecule has 0 radical (unpaired) electrons. The highest BCUT2D eigenvalue weighted by atomic mass is 16.5. The molecule has 82 valence electrons. The predicted molar refractivity (Wildman–Crippen MR) is 54.8 cm³/mol. The molecule has 2 N–H and O–H groups in total. The number of nitrogens with zero attached hydrogens (tertiary/aromatic N) is 1. The lowest BCUT2D eigenvalue weighted by atomic mass is 10.00. The Hall–Kier alpha value is -0.610. The first-order valence-electron chi connectivity index (χ1n) is 5.22. The average molecular weight is 200 g/mol. The summed E-state index contributed by atoms with van der Waals surface area (Å²) in [4.78, 5) is 13.6. The minimum Gasteiger partial charge on any atom is -0.378 e. The highest BCUT2D eigenvalue weighted by Gasteiger charge is 2.20. The Morgan fingerprint density at radius 3 is 2.50 bits per heavy atom. The van der Waals surface area contributed by atoms with Crippen molar-refractivity contribution in [1.82, 2.24) is 4.90 Å². The number of hydrogen-bond donors (Lipinski definition) is 1. The third-order valence-corrected chi connectivity index (χ3v) is 2.76. The molecule has 0 aromatic rings. The lowest BCUT2D eigenvalue weighted by Crippen LogP contribution is -2.42. The van der Waals surface area contributed by atoms with Crippen LogP contribution in [0.25, 0.3) is 0 Å². The van der Waals surface area contributed by atoms with E-state index in [1.165, 1.54) is 0 Å². The summed E-state index contributed by atoms with van der Waals surface area (Å²) in [5.74, 6) is 0.462. The van der Waals surface area contributed by atoms with Gasteiger partial charge in [-0.1, -0.05) is 6.92 Å². The molecule has 0 spiro atoms. The molecule has 1 amide bonds. The number of rotatable bonds is 3. The summed E-state index contributed by atoms with van der Waals surface area (Å²) in [6.45, 7) is 6.74. The highest BCUT2D eigenvalue weighted by molar-refractivity contribution is 5.76. The summed E-state index contributed by atoms with van der Waals surface area (Å²) in [5, 5.41) is 0. The summed E-state index contributed by atoms with van der Waals surface area (Å²) in [7, 11) is 0. The lowest BCUT2D eigenvalue weighted by Gasteiger charge is -2.28. The summed E-state index contributed by atoms with van der Waals surface area (Å²) in [5.41, 5.74) is 5.72. The van der Waals surface area contributed by atoms with Crippen LogP contribution in [0.15, 0.2) is 0 Å². The summed E-state index contributed by atoms with van der Waals surface area (Å²) >= 11 is 0. The molecule has 1 fully saturated rings. The van der Waals surface area contributed by atoms with Gasteiger partial charge in [-0.05, 0) is 12.8 Å². The van der Waals surface area contributed by atoms with Gasteiger partial charge in [-0.25, -0.2) is 0 Å². The molecule has 1 aliphatic rings. The van der Waals surface area contributed by atoms with E-state index in [1.54, 1.807) is 0 Å². The van der Waals surface area contributed by atoms with Crippen molar-refractivity contribution in [1.29, 1.82) is 0 Å². The molecule has 1 aliphatic heterocycles. The van der Waals surface area contributed by atoms with Gasteiger partial charge in [0.15, 0.2) is 0 Å². The predicted octanol–water partition coefficient (Wildman–Crippen LogP) is 0.219. The maximum atomic E-state index is 11.7. The van der Waals surface area contributed by atoms with Crippen molar-refractivity contribution in [3.05, 3.63) is 0 Å². The third kappa shape index (κ3) is 3.27. The van der Waals surface area contributed by atoms with Gasteiger partial charge in [-0.15, -0.1) is 0 Å². The van der Waals surface area contributed by atoms with E-state index < -0.39 is 0 Å². The maximum Gasteiger partial charge on any atom is 0.223 e. The second-order valence-electron chi connectivity index (χ2n) is 4.03. The molecule has 2 atom stereocenters. The van der Waals surface area contributed by atoms with E-state index in [0.717, 1.165) is 13.1 Å².